The average Bonchev–Trinajstić information content (AvgIpc) is 2.80. The predicted molar refractivity (Wildman–Crippen MR) is 65.4 cm³/mol. The highest BCUT2D eigenvalue weighted by Gasteiger charge is 2.38. The molecule has 0 radical (unpaired) electrons. The number of aromatic nitrogens is 2. The van der Waals surface area contributed by atoms with Crippen molar-refractivity contribution in [2.45, 2.75) is 6.92 Å². The zero-order valence-corrected chi connectivity index (χ0v) is 10.8. The zero-order chi connectivity index (χ0) is 14.0. The van der Waals surface area contributed by atoms with Gasteiger partial charge in [0.2, 0.25) is 0 Å². The van der Waals surface area contributed by atoms with E-state index in [1.54, 1.807) is 4.90 Å². The molecule has 1 fully saturated rings. The fraction of sp³-hybridized carbons (Fsp3) is 0.500. The Morgan fingerprint density at radius 3 is 2.74 bits per heavy atom. The zero-order valence-electron chi connectivity index (χ0n) is 10.8. The molecule has 0 aliphatic carbocycles. The second kappa shape index (κ2) is 5.21. The summed E-state index contributed by atoms with van der Waals surface area (Å²) in [5, 5.41) is 5.91. The van der Waals surface area contributed by atoms with E-state index < -0.39 is 0 Å². The summed E-state index contributed by atoms with van der Waals surface area (Å²) in [6.07, 6.45) is 0. The summed E-state index contributed by atoms with van der Waals surface area (Å²) in [4.78, 5) is 36.1. The SMILES string of the molecule is COC(=O)C1CN(C(=O)c2ccc(=O)[nH]n2)CC1C. The highest BCUT2D eigenvalue weighted by Crippen LogP contribution is 2.24. The van der Waals surface area contributed by atoms with Crippen LogP contribution in [0.3, 0.4) is 0 Å². The number of rotatable bonds is 2. The van der Waals surface area contributed by atoms with Gasteiger partial charge >= 0.3 is 5.97 Å². The molecule has 1 aromatic rings. The molecule has 102 valence electrons. The summed E-state index contributed by atoms with van der Waals surface area (Å²) in [5.74, 6) is -0.873. The summed E-state index contributed by atoms with van der Waals surface area (Å²) < 4.78 is 4.71. The quantitative estimate of drug-likeness (QED) is 0.738. The van der Waals surface area contributed by atoms with Crippen LogP contribution in [-0.2, 0) is 9.53 Å². The lowest BCUT2D eigenvalue weighted by Gasteiger charge is -2.14. The van der Waals surface area contributed by atoms with Gasteiger partial charge in [-0.05, 0) is 12.0 Å². The number of nitrogens with zero attached hydrogens (tertiary/aromatic N) is 2. The van der Waals surface area contributed by atoms with Crippen molar-refractivity contribution in [1.29, 1.82) is 0 Å². The van der Waals surface area contributed by atoms with Crippen molar-refractivity contribution in [1.82, 2.24) is 15.1 Å². The number of nitrogens with one attached hydrogen (secondary N) is 1. The third-order valence-electron chi connectivity index (χ3n) is 3.30. The van der Waals surface area contributed by atoms with Crippen LogP contribution < -0.4 is 5.56 Å². The number of H-pyrrole nitrogens is 1. The number of hydrogen-bond donors (Lipinski definition) is 1. The number of ether oxygens (including phenoxy) is 1. The molecule has 2 unspecified atom stereocenters. The van der Waals surface area contributed by atoms with Gasteiger partial charge < -0.3 is 9.64 Å². The van der Waals surface area contributed by atoms with Gasteiger partial charge in [0.05, 0.1) is 13.0 Å². The van der Waals surface area contributed by atoms with Gasteiger partial charge in [-0.3, -0.25) is 14.4 Å². The van der Waals surface area contributed by atoms with Crippen LogP contribution in [0.2, 0.25) is 0 Å². The predicted octanol–water partition coefficient (Wildman–Crippen LogP) is -0.349. The minimum Gasteiger partial charge on any atom is -0.469 e. The molecular weight excluding hydrogens is 250 g/mol. The summed E-state index contributed by atoms with van der Waals surface area (Å²) in [6.45, 7) is 2.68. The Kier molecular flexibility index (Phi) is 3.64. The van der Waals surface area contributed by atoms with Gasteiger partial charge in [-0.25, -0.2) is 5.10 Å². The van der Waals surface area contributed by atoms with Gasteiger partial charge in [-0.1, -0.05) is 6.92 Å². The highest BCUT2D eigenvalue weighted by atomic mass is 16.5. The molecule has 1 aliphatic rings. The summed E-state index contributed by atoms with van der Waals surface area (Å²) in [7, 11) is 1.34. The van der Waals surface area contributed by atoms with Crippen molar-refractivity contribution in [3.8, 4) is 0 Å². The van der Waals surface area contributed by atoms with Gasteiger partial charge in [0.1, 0.15) is 5.69 Å². The molecule has 1 aliphatic heterocycles. The summed E-state index contributed by atoms with van der Waals surface area (Å²) in [5.41, 5.74) is -0.198. The third kappa shape index (κ3) is 2.64. The van der Waals surface area contributed by atoms with Crippen LogP contribution in [0.5, 0.6) is 0 Å². The molecule has 2 atom stereocenters. The number of hydrogen-bond acceptors (Lipinski definition) is 5. The molecule has 0 bridgehead atoms. The van der Waals surface area contributed by atoms with E-state index in [0.29, 0.717) is 13.1 Å². The number of esters is 1. The average molecular weight is 265 g/mol. The summed E-state index contributed by atoms with van der Waals surface area (Å²) in [6, 6.07) is 2.62. The van der Waals surface area contributed by atoms with Gasteiger partial charge in [0.15, 0.2) is 0 Å². The Hall–Kier alpha value is -2.18. The van der Waals surface area contributed by atoms with Crippen LogP contribution in [-0.4, -0.2) is 47.2 Å². The maximum atomic E-state index is 12.1. The summed E-state index contributed by atoms with van der Waals surface area (Å²) >= 11 is 0. The number of carbonyl (C=O) groups excluding carboxylic acids is 2. The lowest BCUT2D eigenvalue weighted by atomic mass is 9.99. The molecular formula is C12H15N3O4. The van der Waals surface area contributed by atoms with Crippen molar-refractivity contribution in [2.75, 3.05) is 20.2 Å². The number of methoxy groups -OCH3 is 1. The number of likely N-dealkylation sites (tertiary alicyclic amines) is 1. The first-order valence-electron chi connectivity index (χ1n) is 5.95. The lowest BCUT2D eigenvalue weighted by Crippen LogP contribution is -2.31. The Morgan fingerprint density at radius 2 is 2.16 bits per heavy atom. The largest absolute Gasteiger partial charge is 0.469 e. The van der Waals surface area contributed by atoms with E-state index >= 15 is 0 Å². The smallest absolute Gasteiger partial charge is 0.310 e. The standard InChI is InChI=1S/C12H15N3O4/c1-7-5-15(6-8(7)12(18)19-2)11(17)9-3-4-10(16)14-13-9/h3-4,7-8H,5-6H2,1-2H3,(H,14,16). The van der Waals surface area contributed by atoms with Gasteiger partial charge in [0.25, 0.3) is 11.5 Å². The van der Waals surface area contributed by atoms with Crippen LogP contribution in [0, 0.1) is 11.8 Å². The van der Waals surface area contributed by atoms with Crippen LogP contribution in [0.25, 0.3) is 0 Å². The second-order valence-corrected chi connectivity index (χ2v) is 4.62. The first-order chi connectivity index (χ1) is 9.02. The Morgan fingerprint density at radius 1 is 1.42 bits per heavy atom. The molecule has 19 heavy (non-hydrogen) atoms. The molecule has 0 spiro atoms. The molecule has 0 aromatic carbocycles. The Bertz CT molecular complexity index is 534. The molecule has 1 saturated heterocycles. The fourth-order valence-electron chi connectivity index (χ4n) is 2.22. The Labute approximate surface area is 109 Å². The third-order valence-corrected chi connectivity index (χ3v) is 3.30. The molecule has 2 heterocycles. The van der Waals surface area contributed by atoms with Crippen LogP contribution in [0.1, 0.15) is 17.4 Å². The van der Waals surface area contributed by atoms with E-state index in [9.17, 15) is 14.4 Å². The number of carbonyl (C=O) groups is 2. The maximum Gasteiger partial charge on any atom is 0.310 e. The highest BCUT2D eigenvalue weighted by molar-refractivity contribution is 5.92. The van der Waals surface area contributed by atoms with Crippen LogP contribution in [0.15, 0.2) is 16.9 Å². The van der Waals surface area contributed by atoms with Gasteiger partial charge in [-0.2, -0.15) is 5.10 Å². The van der Waals surface area contributed by atoms with Crippen molar-refractivity contribution in [3.05, 3.63) is 28.2 Å². The monoisotopic (exact) mass is 265 g/mol. The minimum atomic E-state index is -0.362. The number of aromatic amines is 1. The van der Waals surface area contributed by atoms with E-state index in [1.807, 2.05) is 6.92 Å². The van der Waals surface area contributed by atoms with Crippen molar-refractivity contribution >= 4 is 11.9 Å². The molecule has 0 saturated carbocycles. The van der Waals surface area contributed by atoms with Crippen molar-refractivity contribution in [3.63, 3.8) is 0 Å². The minimum absolute atomic E-state index is 0.0409. The Balaban J connectivity index is 2.12. The maximum absolute atomic E-state index is 12.1. The van der Waals surface area contributed by atoms with Crippen molar-refractivity contribution < 1.29 is 14.3 Å². The normalized spacial score (nSPS) is 22.3. The van der Waals surface area contributed by atoms with E-state index in [2.05, 4.69) is 10.2 Å². The van der Waals surface area contributed by atoms with E-state index in [1.165, 1.54) is 19.2 Å². The molecule has 1 aromatic heterocycles. The first kappa shape index (κ1) is 13.3. The molecule has 7 heteroatoms. The van der Waals surface area contributed by atoms with Crippen LogP contribution >= 0.6 is 0 Å². The number of amides is 1. The molecule has 7 nitrogen and oxygen atoms in total. The molecule has 1 N–H and O–H groups in total. The fourth-order valence-corrected chi connectivity index (χ4v) is 2.22. The van der Waals surface area contributed by atoms with Gasteiger partial charge in [-0.15, -0.1) is 0 Å². The first-order valence-corrected chi connectivity index (χ1v) is 5.95. The van der Waals surface area contributed by atoms with Crippen molar-refractivity contribution in [2.24, 2.45) is 11.8 Å². The van der Waals surface area contributed by atoms with E-state index in [0.717, 1.165) is 0 Å². The van der Waals surface area contributed by atoms with E-state index in [4.69, 9.17) is 4.74 Å². The molecule has 2 rings (SSSR count). The molecule has 1 amide bonds. The van der Waals surface area contributed by atoms with Crippen LogP contribution in [0.4, 0.5) is 0 Å². The van der Waals surface area contributed by atoms with E-state index in [-0.39, 0.29) is 35.0 Å². The topological polar surface area (TPSA) is 92.4 Å². The second-order valence-electron chi connectivity index (χ2n) is 4.62. The van der Waals surface area contributed by atoms with Gasteiger partial charge in [0, 0.05) is 19.2 Å². The lowest BCUT2D eigenvalue weighted by molar-refractivity contribution is -0.146.